The zero-order valence-corrected chi connectivity index (χ0v) is 8.87. The summed E-state index contributed by atoms with van der Waals surface area (Å²) in [6.45, 7) is 0. The highest BCUT2D eigenvalue weighted by molar-refractivity contribution is 8.03. The molecule has 3 heteroatoms. The second kappa shape index (κ2) is 3.59. The van der Waals surface area contributed by atoms with Crippen LogP contribution in [0.15, 0.2) is 52.4 Å². The fourth-order valence-electron chi connectivity index (χ4n) is 1.77. The number of nitrogens with one attached hydrogen (secondary N) is 1. The van der Waals surface area contributed by atoms with E-state index in [-0.39, 0.29) is 5.37 Å². The van der Waals surface area contributed by atoms with E-state index in [0.29, 0.717) is 0 Å². The first-order chi connectivity index (χ1) is 7.45. The molecule has 1 unspecified atom stereocenters. The number of hydrogen-bond acceptors (Lipinski definition) is 3. The van der Waals surface area contributed by atoms with Crippen molar-refractivity contribution in [3.8, 4) is 0 Å². The summed E-state index contributed by atoms with van der Waals surface area (Å²) < 4.78 is 0. The van der Waals surface area contributed by atoms with Gasteiger partial charge in [-0.05, 0) is 17.0 Å². The van der Waals surface area contributed by atoms with Gasteiger partial charge < -0.3 is 5.32 Å². The summed E-state index contributed by atoms with van der Waals surface area (Å²) in [5, 5.41) is 5.59. The largest absolute Gasteiger partial charge is 0.346 e. The lowest BCUT2D eigenvalue weighted by molar-refractivity contribution is 1.05. The Morgan fingerprint density at radius 1 is 1.20 bits per heavy atom. The normalized spacial score (nSPS) is 22.8. The maximum Gasteiger partial charge on any atom is 0.128 e. The van der Waals surface area contributed by atoms with Crippen LogP contribution in [-0.2, 0) is 0 Å². The van der Waals surface area contributed by atoms with E-state index >= 15 is 0 Å². The molecule has 0 amide bonds. The zero-order chi connectivity index (χ0) is 10.1. The van der Waals surface area contributed by atoms with Gasteiger partial charge in [0.25, 0.3) is 0 Å². The van der Waals surface area contributed by atoms with Crippen LogP contribution in [0.25, 0.3) is 5.70 Å². The Balaban J connectivity index is 2.09. The standard InChI is InChI=1S/C12H10N2S/c1-2-4-9(5-3-1)11-10-6-7-15-12(10)14-8-13-11/h1-8,12H,(H,13,14). The van der Waals surface area contributed by atoms with Crippen LogP contribution in [0.4, 0.5) is 0 Å². The van der Waals surface area contributed by atoms with E-state index < -0.39 is 0 Å². The Kier molecular flexibility index (Phi) is 2.10. The molecule has 1 N–H and O–H groups in total. The monoisotopic (exact) mass is 214 g/mol. The first-order valence-corrected chi connectivity index (χ1v) is 5.79. The van der Waals surface area contributed by atoms with E-state index in [1.165, 1.54) is 16.8 Å². The van der Waals surface area contributed by atoms with Crippen LogP contribution in [0, 0.1) is 0 Å². The van der Waals surface area contributed by atoms with Crippen molar-refractivity contribution in [2.24, 2.45) is 4.99 Å². The number of nitrogens with zero attached hydrogens (tertiary/aromatic N) is 1. The minimum atomic E-state index is 0.251. The topological polar surface area (TPSA) is 24.4 Å². The average molecular weight is 214 g/mol. The van der Waals surface area contributed by atoms with E-state index in [9.17, 15) is 0 Å². The van der Waals surface area contributed by atoms with Gasteiger partial charge in [-0.1, -0.05) is 30.3 Å². The first kappa shape index (κ1) is 8.80. The molecule has 2 nitrogen and oxygen atoms in total. The maximum atomic E-state index is 4.37. The average Bonchev–Trinajstić information content (AvgIpc) is 2.78. The number of fused-ring (bicyclic) bond motifs is 1. The van der Waals surface area contributed by atoms with Gasteiger partial charge in [-0.15, -0.1) is 11.8 Å². The van der Waals surface area contributed by atoms with Gasteiger partial charge in [0.05, 0.1) is 12.0 Å². The molecule has 0 saturated heterocycles. The lowest BCUT2D eigenvalue weighted by Gasteiger charge is -2.18. The van der Waals surface area contributed by atoms with Crippen molar-refractivity contribution in [3.05, 3.63) is 53.0 Å². The molecule has 1 atom stereocenters. The number of thioether (sulfide) groups is 1. The fourth-order valence-corrected chi connectivity index (χ4v) is 2.62. The van der Waals surface area contributed by atoms with Crippen molar-refractivity contribution >= 4 is 23.8 Å². The highest BCUT2D eigenvalue weighted by Gasteiger charge is 2.22. The molecule has 2 aliphatic rings. The molecule has 3 rings (SSSR count). The summed E-state index contributed by atoms with van der Waals surface area (Å²) >= 11 is 1.75. The van der Waals surface area contributed by atoms with Crippen molar-refractivity contribution in [1.29, 1.82) is 0 Å². The third kappa shape index (κ3) is 1.49. The molecule has 0 spiro atoms. The van der Waals surface area contributed by atoms with E-state index in [0.717, 1.165) is 0 Å². The Morgan fingerprint density at radius 2 is 2.07 bits per heavy atom. The minimum absolute atomic E-state index is 0.251. The van der Waals surface area contributed by atoms with Crippen LogP contribution in [-0.4, -0.2) is 11.7 Å². The van der Waals surface area contributed by atoms with E-state index in [1.54, 1.807) is 18.1 Å². The van der Waals surface area contributed by atoms with Crippen molar-refractivity contribution < 1.29 is 0 Å². The van der Waals surface area contributed by atoms with Gasteiger partial charge in [-0.3, -0.25) is 4.99 Å². The highest BCUT2D eigenvalue weighted by Crippen LogP contribution is 2.35. The zero-order valence-electron chi connectivity index (χ0n) is 8.05. The van der Waals surface area contributed by atoms with Gasteiger partial charge in [0.15, 0.2) is 0 Å². The minimum Gasteiger partial charge on any atom is -0.346 e. The molecule has 15 heavy (non-hydrogen) atoms. The van der Waals surface area contributed by atoms with Gasteiger partial charge in [0.2, 0.25) is 0 Å². The molecule has 0 fully saturated rings. The van der Waals surface area contributed by atoms with Crippen molar-refractivity contribution in [2.75, 3.05) is 0 Å². The summed E-state index contributed by atoms with van der Waals surface area (Å²) in [7, 11) is 0. The number of rotatable bonds is 1. The molecule has 1 aromatic rings. The Hall–Kier alpha value is -1.48. The van der Waals surface area contributed by atoms with E-state index in [2.05, 4.69) is 46.1 Å². The van der Waals surface area contributed by atoms with Crippen molar-refractivity contribution in [2.45, 2.75) is 5.37 Å². The number of hydrogen-bond donors (Lipinski definition) is 1. The SMILES string of the molecule is C1=CC2=C(c3ccccc3)NC=NC2S1. The van der Waals surface area contributed by atoms with Crippen molar-refractivity contribution in [1.82, 2.24) is 5.32 Å². The summed E-state index contributed by atoms with van der Waals surface area (Å²) in [4.78, 5) is 4.37. The summed E-state index contributed by atoms with van der Waals surface area (Å²) in [5.74, 6) is 0. The second-order valence-corrected chi connectivity index (χ2v) is 4.40. The van der Waals surface area contributed by atoms with Crippen LogP contribution in [0.5, 0.6) is 0 Å². The second-order valence-electron chi connectivity index (χ2n) is 3.41. The lowest BCUT2D eigenvalue weighted by atomic mass is 10.1. The van der Waals surface area contributed by atoms with Gasteiger partial charge >= 0.3 is 0 Å². The fraction of sp³-hybridized carbons (Fsp3) is 0.0833. The van der Waals surface area contributed by atoms with Crippen molar-refractivity contribution in [3.63, 3.8) is 0 Å². The van der Waals surface area contributed by atoms with Crippen LogP contribution in [0.1, 0.15) is 5.56 Å². The molecule has 0 saturated carbocycles. The maximum absolute atomic E-state index is 4.37. The van der Waals surface area contributed by atoms with Gasteiger partial charge in [-0.2, -0.15) is 0 Å². The number of benzene rings is 1. The van der Waals surface area contributed by atoms with Gasteiger partial charge in [0.1, 0.15) is 5.37 Å². The molecule has 0 aliphatic carbocycles. The van der Waals surface area contributed by atoms with E-state index in [1.807, 2.05) is 6.07 Å². The number of aliphatic imine (C=N–C) groups is 1. The highest BCUT2D eigenvalue weighted by atomic mass is 32.2. The molecular weight excluding hydrogens is 204 g/mol. The summed E-state index contributed by atoms with van der Waals surface area (Å²) in [6, 6.07) is 10.4. The van der Waals surface area contributed by atoms with E-state index in [4.69, 9.17) is 0 Å². The quantitative estimate of drug-likeness (QED) is 0.777. The van der Waals surface area contributed by atoms with Gasteiger partial charge in [0, 0.05) is 5.57 Å². The Labute approximate surface area is 92.8 Å². The smallest absolute Gasteiger partial charge is 0.128 e. The molecule has 0 bridgehead atoms. The molecular formula is C12H10N2S. The molecule has 0 radical (unpaired) electrons. The predicted molar refractivity (Wildman–Crippen MR) is 65.5 cm³/mol. The first-order valence-electron chi connectivity index (χ1n) is 4.85. The summed E-state index contributed by atoms with van der Waals surface area (Å²) in [6.07, 6.45) is 3.93. The molecule has 2 heterocycles. The van der Waals surface area contributed by atoms with Crippen LogP contribution < -0.4 is 5.32 Å². The third-order valence-corrected chi connectivity index (χ3v) is 3.42. The summed E-state index contributed by atoms with van der Waals surface area (Å²) in [5.41, 5.74) is 3.67. The van der Waals surface area contributed by atoms with Gasteiger partial charge in [-0.25, -0.2) is 0 Å². The molecule has 2 aliphatic heterocycles. The van der Waals surface area contributed by atoms with Crippen LogP contribution >= 0.6 is 11.8 Å². The Morgan fingerprint density at radius 3 is 2.93 bits per heavy atom. The van der Waals surface area contributed by atoms with Crippen LogP contribution in [0.2, 0.25) is 0 Å². The molecule has 1 aromatic carbocycles. The lowest BCUT2D eigenvalue weighted by Crippen LogP contribution is -2.20. The molecule has 74 valence electrons. The Bertz CT molecular complexity index is 460. The predicted octanol–water partition coefficient (Wildman–Crippen LogP) is 2.62. The third-order valence-electron chi connectivity index (χ3n) is 2.49. The van der Waals surface area contributed by atoms with Crippen LogP contribution in [0.3, 0.4) is 0 Å². The molecule has 0 aromatic heterocycles.